The van der Waals surface area contributed by atoms with Gasteiger partial charge in [0.25, 0.3) is 0 Å². The molecule has 1 aromatic rings. The first kappa shape index (κ1) is 14.4. The van der Waals surface area contributed by atoms with Crippen LogP contribution in [-0.4, -0.2) is 22.1 Å². The molecule has 1 heterocycles. The zero-order valence-electron chi connectivity index (χ0n) is 12.8. The highest BCUT2D eigenvalue weighted by Crippen LogP contribution is 2.24. The standard InChI is InChI=1S/C16H27N3/c1-5-6-15-17-11-13-9-12(7-8-14(13)19-15)10-18-16(2,3)4/h11-12,18H,5-10H2,1-4H3. The molecule has 0 fully saturated rings. The van der Waals surface area contributed by atoms with Crippen LogP contribution in [0.5, 0.6) is 0 Å². The lowest BCUT2D eigenvalue weighted by atomic mass is 9.86. The molecular formula is C16H27N3. The quantitative estimate of drug-likeness (QED) is 0.905. The number of nitrogens with one attached hydrogen (secondary N) is 1. The van der Waals surface area contributed by atoms with Gasteiger partial charge in [-0.3, -0.25) is 0 Å². The second-order valence-electron chi connectivity index (χ2n) is 6.75. The van der Waals surface area contributed by atoms with E-state index in [4.69, 9.17) is 4.98 Å². The van der Waals surface area contributed by atoms with Crippen LogP contribution in [0.1, 0.15) is 57.6 Å². The Morgan fingerprint density at radius 2 is 2.16 bits per heavy atom. The van der Waals surface area contributed by atoms with Gasteiger partial charge in [0.2, 0.25) is 0 Å². The van der Waals surface area contributed by atoms with Crippen molar-refractivity contribution < 1.29 is 0 Å². The van der Waals surface area contributed by atoms with Crippen molar-refractivity contribution in [1.82, 2.24) is 15.3 Å². The molecule has 0 aliphatic heterocycles. The molecule has 1 unspecified atom stereocenters. The smallest absolute Gasteiger partial charge is 0.128 e. The first-order valence-corrected chi connectivity index (χ1v) is 7.56. The Kier molecular flexibility index (Phi) is 4.56. The third-order valence-electron chi connectivity index (χ3n) is 3.70. The molecule has 3 heteroatoms. The van der Waals surface area contributed by atoms with Gasteiger partial charge in [0, 0.05) is 23.9 Å². The summed E-state index contributed by atoms with van der Waals surface area (Å²) in [5.74, 6) is 1.75. The zero-order chi connectivity index (χ0) is 13.9. The van der Waals surface area contributed by atoms with Gasteiger partial charge in [-0.05, 0) is 64.5 Å². The Morgan fingerprint density at radius 3 is 2.84 bits per heavy atom. The minimum Gasteiger partial charge on any atom is -0.312 e. The number of hydrogen-bond donors (Lipinski definition) is 1. The van der Waals surface area contributed by atoms with Gasteiger partial charge in [-0.15, -0.1) is 0 Å². The second kappa shape index (κ2) is 6.00. The number of hydrogen-bond acceptors (Lipinski definition) is 3. The fourth-order valence-electron chi connectivity index (χ4n) is 2.59. The molecule has 19 heavy (non-hydrogen) atoms. The largest absolute Gasteiger partial charge is 0.312 e. The summed E-state index contributed by atoms with van der Waals surface area (Å²) in [6.07, 6.45) is 7.68. The lowest BCUT2D eigenvalue weighted by Crippen LogP contribution is -2.40. The summed E-state index contributed by atoms with van der Waals surface area (Å²) < 4.78 is 0. The summed E-state index contributed by atoms with van der Waals surface area (Å²) in [6, 6.07) is 0. The Morgan fingerprint density at radius 1 is 1.37 bits per heavy atom. The fraction of sp³-hybridized carbons (Fsp3) is 0.750. The fourth-order valence-corrected chi connectivity index (χ4v) is 2.59. The average Bonchev–Trinajstić information content (AvgIpc) is 2.36. The molecule has 0 amide bonds. The van der Waals surface area contributed by atoms with Crippen LogP contribution in [0.4, 0.5) is 0 Å². The third-order valence-corrected chi connectivity index (χ3v) is 3.70. The van der Waals surface area contributed by atoms with Gasteiger partial charge in [-0.1, -0.05) is 6.92 Å². The van der Waals surface area contributed by atoms with E-state index in [2.05, 4.69) is 44.2 Å². The van der Waals surface area contributed by atoms with E-state index in [9.17, 15) is 0 Å². The number of fused-ring (bicyclic) bond motifs is 1. The number of nitrogens with zero attached hydrogens (tertiary/aromatic N) is 2. The molecule has 0 radical (unpaired) electrons. The van der Waals surface area contributed by atoms with Crippen molar-refractivity contribution >= 4 is 0 Å². The molecule has 1 atom stereocenters. The van der Waals surface area contributed by atoms with E-state index in [1.165, 1.54) is 17.7 Å². The summed E-state index contributed by atoms with van der Waals surface area (Å²) in [7, 11) is 0. The van der Waals surface area contributed by atoms with E-state index in [-0.39, 0.29) is 5.54 Å². The first-order chi connectivity index (χ1) is 8.98. The van der Waals surface area contributed by atoms with Crippen molar-refractivity contribution in [3.63, 3.8) is 0 Å². The van der Waals surface area contributed by atoms with Crippen molar-refractivity contribution in [1.29, 1.82) is 0 Å². The van der Waals surface area contributed by atoms with Crippen LogP contribution in [0, 0.1) is 5.92 Å². The molecule has 0 saturated heterocycles. The molecule has 1 aliphatic rings. The number of rotatable bonds is 4. The molecule has 3 nitrogen and oxygen atoms in total. The van der Waals surface area contributed by atoms with Gasteiger partial charge in [0.05, 0.1) is 0 Å². The Hall–Kier alpha value is -0.960. The highest BCUT2D eigenvalue weighted by atomic mass is 14.9. The third kappa shape index (κ3) is 4.27. The Balaban J connectivity index is 1.96. The topological polar surface area (TPSA) is 37.8 Å². The normalized spacial score (nSPS) is 19.3. The Labute approximate surface area is 117 Å². The molecule has 106 valence electrons. The van der Waals surface area contributed by atoms with Gasteiger partial charge in [0.1, 0.15) is 5.82 Å². The lowest BCUT2D eigenvalue weighted by molar-refractivity contribution is 0.346. The van der Waals surface area contributed by atoms with Crippen LogP contribution >= 0.6 is 0 Å². The van der Waals surface area contributed by atoms with Crippen LogP contribution in [0.3, 0.4) is 0 Å². The van der Waals surface area contributed by atoms with Gasteiger partial charge in [-0.2, -0.15) is 0 Å². The van der Waals surface area contributed by atoms with Gasteiger partial charge < -0.3 is 5.32 Å². The molecule has 1 N–H and O–H groups in total. The van der Waals surface area contributed by atoms with Crippen LogP contribution < -0.4 is 5.32 Å². The monoisotopic (exact) mass is 261 g/mol. The van der Waals surface area contributed by atoms with E-state index in [1.807, 2.05) is 0 Å². The van der Waals surface area contributed by atoms with E-state index >= 15 is 0 Å². The molecule has 2 rings (SSSR count). The lowest BCUT2D eigenvalue weighted by Gasteiger charge is -2.28. The van der Waals surface area contributed by atoms with E-state index in [1.54, 1.807) is 0 Å². The predicted octanol–water partition coefficient (Wildman–Crippen LogP) is 2.92. The van der Waals surface area contributed by atoms with Gasteiger partial charge in [-0.25, -0.2) is 9.97 Å². The minimum absolute atomic E-state index is 0.210. The number of aromatic nitrogens is 2. The maximum atomic E-state index is 4.71. The molecule has 0 saturated carbocycles. The second-order valence-corrected chi connectivity index (χ2v) is 6.75. The van der Waals surface area contributed by atoms with Crippen LogP contribution in [0.25, 0.3) is 0 Å². The highest BCUT2D eigenvalue weighted by Gasteiger charge is 2.21. The summed E-state index contributed by atoms with van der Waals surface area (Å²) in [6.45, 7) is 9.95. The molecule has 0 spiro atoms. The van der Waals surface area contributed by atoms with Crippen LogP contribution in [-0.2, 0) is 19.3 Å². The summed E-state index contributed by atoms with van der Waals surface area (Å²) in [4.78, 5) is 9.21. The van der Waals surface area contributed by atoms with Crippen molar-refractivity contribution in [2.45, 2.75) is 65.3 Å². The van der Waals surface area contributed by atoms with Crippen LogP contribution in [0.15, 0.2) is 6.20 Å². The van der Waals surface area contributed by atoms with Crippen molar-refractivity contribution in [2.24, 2.45) is 5.92 Å². The zero-order valence-corrected chi connectivity index (χ0v) is 12.8. The Bertz CT molecular complexity index is 420. The van der Waals surface area contributed by atoms with Crippen molar-refractivity contribution in [3.05, 3.63) is 23.3 Å². The summed E-state index contributed by atoms with van der Waals surface area (Å²) >= 11 is 0. The molecule has 1 aromatic heterocycles. The maximum absolute atomic E-state index is 4.71. The number of aryl methyl sites for hydroxylation is 2. The predicted molar refractivity (Wildman–Crippen MR) is 79.3 cm³/mol. The molecular weight excluding hydrogens is 234 g/mol. The van der Waals surface area contributed by atoms with Crippen LogP contribution in [0.2, 0.25) is 0 Å². The molecule has 0 bridgehead atoms. The molecule has 0 aromatic carbocycles. The van der Waals surface area contributed by atoms with Gasteiger partial charge >= 0.3 is 0 Å². The van der Waals surface area contributed by atoms with E-state index in [0.29, 0.717) is 0 Å². The van der Waals surface area contributed by atoms with Crippen molar-refractivity contribution in [2.75, 3.05) is 6.54 Å². The highest BCUT2D eigenvalue weighted by molar-refractivity contribution is 5.21. The summed E-state index contributed by atoms with van der Waals surface area (Å²) in [5, 5.41) is 3.61. The van der Waals surface area contributed by atoms with Crippen molar-refractivity contribution in [3.8, 4) is 0 Å². The maximum Gasteiger partial charge on any atom is 0.128 e. The van der Waals surface area contributed by atoms with Gasteiger partial charge in [0.15, 0.2) is 0 Å². The summed E-state index contributed by atoms with van der Waals surface area (Å²) in [5.41, 5.74) is 2.87. The minimum atomic E-state index is 0.210. The van der Waals surface area contributed by atoms with E-state index in [0.717, 1.165) is 44.0 Å². The molecule has 1 aliphatic carbocycles. The SMILES string of the molecule is CCCc1ncc2c(n1)CCC(CNC(C)(C)C)C2. The van der Waals surface area contributed by atoms with E-state index < -0.39 is 0 Å². The average molecular weight is 261 g/mol. The first-order valence-electron chi connectivity index (χ1n) is 7.56.